The van der Waals surface area contributed by atoms with E-state index >= 15 is 0 Å². The summed E-state index contributed by atoms with van der Waals surface area (Å²) >= 11 is 4.91. The first-order valence-electron chi connectivity index (χ1n) is 4.65. The first kappa shape index (κ1) is 12.3. The number of H-pyrrole nitrogens is 1. The molecule has 1 amide bonds. The van der Waals surface area contributed by atoms with Crippen LogP contribution in [0.15, 0.2) is 23.5 Å². The van der Waals surface area contributed by atoms with E-state index in [0.717, 1.165) is 0 Å². The predicted molar refractivity (Wildman–Crippen MR) is 61.3 cm³/mol. The fraction of sp³-hybridized carbons (Fsp3) is 0. The molecule has 0 bridgehead atoms. The summed E-state index contributed by atoms with van der Waals surface area (Å²) < 4.78 is 30.3. The minimum Gasteiger partial charge on any atom is -0.376 e. The fourth-order valence-corrected chi connectivity index (χ4v) is 1.48. The molecule has 0 unspecified atom stereocenters. The van der Waals surface area contributed by atoms with Crippen LogP contribution in [-0.2, 0) is 0 Å². The van der Waals surface area contributed by atoms with Gasteiger partial charge in [-0.05, 0) is 29.8 Å². The van der Waals surface area contributed by atoms with E-state index in [1.807, 2.05) is 0 Å². The highest BCUT2D eigenvalue weighted by Gasteiger charge is 2.11. The van der Waals surface area contributed by atoms with Crippen LogP contribution in [0.3, 0.4) is 0 Å². The Balaban J connectivity index is 2.46. The van der Waals surface area contributed by atoms with Gasteiger partial charge in [0.2, 0.25) is 5.29 Å². The molecule has 1 heterocycles. The second-order valence-corrected chi connectivity index (χ2v) is 3.60. The van der Waals surface area contributed by atoms with E-state index in [1.165, 1.54) is 18.2 Å². The Hall–Kier alpha value is -2.15. The standard InChI is InChI=1S/C10H6ClF2N3O2/c11-8(13)7(12)4-1-2-5-6(3-4)16-10(15-5)18-9(14)17/h1-3H,(H2,14,17)(H,15,16). The molecule has 0 saturated heterocycles. The normalized spacial score (nSPS) is 12.4. The van der Waals surface area contributed by atoms with Crippen molar-refractivity contribution >= 4 is 34.6 Å². The van der Waals surface area contributed by atoms with Crippen molar-refractivity contribution in [2.75, 3.05) is 0 Å². The van der Waals surface area contributed by atoms with Gasteiger partial charge in [0, 0.05) is 5.56 Å². The number of amides is 1. The summed E-state index contributed by atoms with van der Waals surface area (Å²) in [6, 6.07) is 3.85. The maximum absolute atomic E-state index is 13.2. The van der Waals surface area contributed by atoms with Gasteiger partial charge in [-0.25, -0.2) is 9.18 Å². The van der Waals surface area contributed by atoms with E-state index in [4.69, 9.17) is 17.3 Å². The number of imidazole rings is 1. The average Bonchev–Trinajstić information content (AvgIpc) is 2.67. The smallest absolute Gasteiger partial charge is 0.376 e. The number of primary amides is 1. The topological polar surface area (TPSA) is 81.0 Å². The first-order valence-corrected chi connectivity index (χ1v) is 5.03. The highest BCUT2D eigenvalue weighted by atomic mass is 35.5. The first-order chi connectivity index (χ1) is 8.47. The van der Waals surface area contributed by atoms with Gasteiger partial charge >= 0.3 is 12.1 Å². The fourth-order valence-electron chi connectivity index (χ4n) is 1.37. The number of aromatic nitrogens is 2. The Bertz CT molecular complexity index is 650. The number of nitrogens with one attached hydrogen (secondary N) is 1. The minimum atomic E-state index is -1.45. The number of ether oxygens (including phenoxy) is 1. The van der Waals surface area contributed by atoms with E-state index in [0.29, 0.717) is 5.52 Å². The third kappa shape index (κ3) is 2.40. The maximum atomic E-state index is 13.2. The van der Waals surface area contributed by atoms with Gasteiger partial charge in [0.1, 0.15) is 0 Å². The van der Waals surface area contributed by atoms with Gasteiger partial charge in [-0.15, -0.1) is 0 Å². The summed E-state index contributed by atoms with van der Waals surface area (Å²) in [6.07, 6.45) is -1.04. The lowest BCUT2D eigenvalue weighted by atomic mass is 10.2. The van der Waals surface area contributed by atoms with Crippen LogP contribution in [-0.4, -0.2) is 16.1 Å². The monoisotopic (exact) mass is 273 g/mol. The number of nitrogens with zero attached hydrogens (tertiary/aromatic N) is 1. The molecule has 1 aromatic carbocycles. The number of benzene rings is 1. The Morgan fingerprint density at radius 1 is 1.44 bits per heavy atom. The van der Waals surface area contributed by atoms with Gasteiger partial charge in [-0.1, -0.05) is 0 Å². The molecular weight excluding hydrogens is 268 g/mol. The van der Waals surface area contributed by atoms with Crippen LogP contribution in [0.5, 0.6) is 6.01 Å². The van der Waals surface area contributed by atoms with Gasteiger partial charge in [-0.3, -0.25) is 0 Å². The van der Waals surface area contributed by atoms with E-state index < -0.39 is 17.2 Å². The molecule has 0 spiro atoms. The zero-order valence-corrected chi connectivity index (χ0v) is 9.46. The Morgan fingerprint density at radius 2 is 2.17 bits per heavy atom. The van der Waals surface area contributed by atoms with Crippen molar-refractivity contribution in [2.45, 2.75) is 0 Å². The molecule has 0 aliphatic carbocycles. The molecule has 0 atom stereocenters. The number of carbonyl (C=O) groups excluding carboxylic acids is 1. The van der Waals surface area contributed by atoms with Gasteiger partial charge in [-0.2, -0.15) is 9.37 Å². The quantitative estimate of drug-likeness (QED) is 0.883. The van der Waals surface area contributed by atoms with Crippen LogP contribution in [0.4, 0.5) is 13.6 Å². The number of halogens is 3. The third-order valence-electron chi connectivity index (χ3n) is 2.08. The number of hydrogen-bond acceptors (Lipinski definition) is 3. The van der Waals surface area contributed by atoms with Crippen molar-refractivity contribution in [1.82, 2.24) is 9.97 Å². The molecule has 2 aromatic rings. The molecule has 5 nitrogen and oxygen atoms in total. The summed E-state index contributed by atoms with van der Waals surface area (Å²) in [5.41, 5.74) is 5.48. The van der Waals surface area contributed by atoms with Crippen LogP contribution in [0.1, 0.15) is 5.56 Å². The summed E-state index contributed by atoms with van der Waals surface area (Å²) in [6.45, 7) is 0. The summed E-state index contributed by atoms with van der Waals surface area (Å²) in [4.78, 5) is 17.0. The summed E-state index contributed by atoms with van der Waals surface area (Å²) in [5.74, 6) is -1.20. The Kier molecular flexibility index (Phi) is 3.15. The second kappa shape index (κ2) is 4.61. The number of fused-ring (bicyclic) bond motifs is 1. The van der Waals surface area contributed by atoms with E-state index in [1.54, 1.807) is 0 Å². The van der Waals surface area contributed by atoms with Gasteiger partial charge in [0.15, 0.2) is 5.83 Å². The molecule has 94 valence electrons. The lowest BCUT2D eigenvalue weighted by Crippen LogP contribution is -2.16. The lowest BCUT2D eigenvalue weighted by Gasteiger charge is -1.96. The maximum Gasteiger partial charge on any atom is 0.412 e. The zero-order valence-electron chi connectivity index (χ0n) is 8.71. The highest BCUT2D eigenvalue weighted by Crippen LogP contribution is 2.26. The Labute approximate surface area is 104 Å². The van der Waals surface area contributed by atoms with Crippen molar-refractivity contribution in [3.05, 3.63) is 29.0 Å². The van der Waals surface area contributed by atoms with Gasteiger partial charge < -0.3 is 15.5 Å². The highest BCUT2D eigenvalue weighted by molar-refractivity contribution is 6.30. The van der Waals surface area contributed by atoms with Crippen LogP contribution >= 0.6 is 11.6 Å². The Morgan fingerprint density at radius 3 is 2.78 bits per heavy atom. The molecule has 3 N–H and O–H groups in total. The summed E-state index contributed by atoms with van der Waals surface area (Å²) in [7, 11) is 0. The van der Waals surface area contributed by atoms with E-state index in [9.17, 15) is 13.6 Å². The lowest BCUT2D eigenvalue weighted by molar-refractivity contribution is 0.207. The third-order valence-corrected chi connectivity index (χ3v) is 2.24. The van der Waals surface area contributed by atoms with E-state index in [-0.39, 0.29) is 17.1 Å². The molecule has 0 fully saturated rings. The SMILES string of the molecule is NC(=O)Oc1nc2cc(C(F)=C(F)Cl)ccc2[nH]1. The van der Waals surface area contributed by atoms with Crippen LogP contribution < -0.4 is 10.5 Å². The number of rotatable bonds is 2. The second-order valence-electron chi connectivity index (χ2n) is 3.27. The molecule has 8 heteroatoms. The zero-order chi connectivity index (χ0) is 13.3. The number of nitrogens with two attached hydrogens (primary N) is 1. The molecule has 0 saturated carbocycles. The molecule has 18 heavy (non-hydrogen) atoms. The molecule has 0 aliphatic rings. The molecule has 1 aromatic heterocycles. The average molecular weight is 274 g/mol. The largest absolute Gasteiger partial charge is 0.412 e. The van der Waals surface area contributed by atoms with Crippen molar-refractivity contribution in [3.63, 3.8) is 0 Å². The predicted octanol–water partition coefficient (Wildman–Crippen LogP) is 2.82. The van der Waals surface area contributed by atoms with Crippen molar-refractivity contribution < 1.29 is 18.3 Å². The number of hydrogen-bond donors (Lipinski definition) is 2. The van der Waals surface area contributed by atoms with Crippen LogP contribution in [0, 0.1) is 0 Å². The van der Waals surface area contributed by atoms with Crippen molar-refractivity contribution in [1.29, 1.82) is 0 Å². The molecule has 2 rings (SSSR count). The van der Waals surface area contributed by atoms with Crippen molar-refractivity contribution in [3.8, 4) is 6.01 Å². The van der Waals surface area contributed by atoms with Crippen LogP contribution in [0.25, 0.3) is 16.9 Å². The summed E-state index contributed by atoms with van der Waals surface area (Å²) in [5, 5.41) is -1.45. The molecule has 0 radical (unpaired) electrons. The minimum absolute atomic E-state index is 0.0767. The van der Waals surface area contributed by atoms with Crippen molar-refractivity contribution in [2.24, 2.45) is 5.73 Å². The van der Waals surface area contributed by atoms with Gasteiger partial charge in [0.05, 0.1) is 11.0 Å². The van der Waals surface area contributed by atoms with Gasteiger partial charge in [0.25, 0.3) is 0 Å². The van der Waals surface area contributed by atoms with Crippen LogP contribution in [0.2, 0.25) is 0 Å². The molecular formula is C10H6ClF2N3O2. The number of aromatic amines is 1. The molecule has 0 aliphatic heterocycles. The number of carbonyl (C=O) groups is 1. The van der Waals surface area contributed by atoms with E-state index in [2.05, 4.69) is 14.7 Å².